The van der Waals surface area contributed by atoms with Gasteiger partial charge < -0.3 is 11.1 Å². The van der Waals surface area contributed by atoms with E-state index in [0.29, 0.717) is 5.75 Å². The molecule has 2 unspecified atom stereocenters. The minimum absolute atomic E-state index is 0.0165. The molecular formula is C17H24N2O2S. The van der Waals surface area contributed by atoms with Crippen LogP contribution in [0.5, 0.6) is 0 Å². The van der Waals surface area contributed by atoms with Gasteiger partial charge in [0, 0.05) is 6.04 Å². The summed E-state index contributed by atoms with van der Waals surface area (Å²) in [6.45, 7) is 0. The molecule has 0 aromatic heterocycles. The van der Waals surface area contributed by atoms with Gasteiger partial charge in [0.15, 0.2) is 0 Å². The van der Waals surface area contributed by atoms with Crippen molar-refractivity contribution in [1.82, 2.24) is 5.32 Å². The van der Waals surface area contributed by atoms with E-state index in [1.807, 2.05) is 18.2 Å². The number of carbonyl (C=O) groups is 2. The number of hydrogen-bond acceptors (Lipinski definition) is 3. The van der Waals surface area contributed by atoms with Crippen molar-refractivity contribution >= 4 is 23.6 Å². The van der Waals surface area contributed by atoms with Crippen LogP contribution in [0.1, 0.15) is 31.2 Å². The predicted octanol–water partition coefficient (Wildman–Crippen LogP) is 2.12. The van der Waals surface area contributed by atoms with E-state index in [1.54, 1.807) is 11.8 Å². The molecule has 1 saturated carbocycles. The molecule has 2 atom stereocenters. The zero-order valence-electron chi connectivity index (χ0n) is 12.8. The van der Waals surface area contributed by atoms with Crippen LogP contribution in [-0.4, -0.2) is 29.4 Å². The molecule has 0 bridgehead atoms. The molecule has 0 aliphatic heterocycles. The van der Waals surface area contributed by atoms with Gasteiger partial charge >= 0.3 is 0 Å². The Morgan fingerprint density at radius 3 is 2.73 bits per heavy atom. The van der Waals surface area contributed by atoms with Gasteiger partial charge in [-0.2, -0.15) is 11.8 Å². The summed E-state index contributed by atoms with van der Waals surface area (Å²) in [7, 11) is 0. The summed E-state index contributed by atoms with van der Waals surface area (Å²) in [5, 5.41) is 2.96. The Hall–Kier alpha value is -1.49. The molecule has 1 aliphatic carbocycles. The maximum Gasteiger partial charge on any atom is 0.230 e. The molecule has 4 nitrogen and oxygen atoms in total. The molecule has 120 valence electrons. The summed E-state index contributed by atoms with van der Waals surface area (Å²) < 4.78 is 0. The second kappa shape index (κ2) is 8.83. The zero-order chi connectivity index (χ0) is 15.8. The Morgan fingerprint density at radius 2 is 2.00 bits per heavy atom. The van der Waals surface area contributed by atoms with E-state index < -0.39 is 0 Å². The van der Waals surface area contributed by atoms with Crippen LogP contribution in [-0.2, 0) is 16.0 Å². The van der Waals surface area contributed by atoms with Gasteiger partial charge in [-0.05, 0) is 37.0 Å². The topological polar surface area (TPSA) is 72.2 Å². The van der Waals surface area contributed by atoms with Crippen LogP contribution in [0, 0.1) is 5.92 Å². The molecule has 0 spiro atoms. The normalized spacial score (nSPS) is 20.7. The second-order valence-corrected chi connectivity index (χ2v) is 6.86. The minimum atomic E-state index is -0.293. The van der Waals surface area contributed by atoms with Crippen LogP contribution in [0.3, 0.4) is 0 Å². The van der Waals surface area contributed by atoms with Crippen molar-refractivity contribution in [2.24, 2.45) is 11.7 Å². The third-order valence-electron chi connectivity index (χ3n) is 4.06. The lowest BCUT2D eigenvalue weighted by atomic mass is 10.0. The molecule has 2 amide bonds. The Bertz CT molecular complexity index is 493. The number of thioether (sulfide) groups is 1. The van der Waals surface area contributed by atoms with Crippen molar-refractivity contribution in [1.29, 1.82) is 0 Å². The third-order valence-corrected chi connectivity index (χ3v) is 5.10. The summed E-state index contributed by atoms with van der Waals surface area (Å²) in [5.74, 6) is 0.955. The largest absolute Gasteiger partial charge is 0.369 e. The first-order valence-corrected chi connectivity index (χ1v) is 9.02. The van der Waals surface area contributed by atoms with Crippen LogP contribution >= 0.6 is 11.8 Å². The summed E-state index contributed by atoms with van der Waals surface area (Å²) >= 11 is 1.65. The van der Waals surface area contributed by atoms with Crippen molar-refractivity contribution in [3.63, 3.8) is 0 Å². The fourth-order valence-corrected chi connectivity index (χ4v) is 3.67. The number of rotatable bonds is 8. The summed E-state index contributed by atoms with van der Waals surface area (Å²) in [6.07, 6.45) is 4.72. The van der Waals surface area contributed by atoms with Crippen LogP contribution < -0.4 is 11.1 Å². The highest BCUT2D eigenvalue weighted by Gasteiger charge is 2.32. The number of amides is 2. The molecular weight excluding hydrogens is 296 g/mol. The first-order chi connectivity index (χ1) is 10.7. The van der Waals surface area contributed by atoms with Crippen molar-refractivity contribution < 1.29 is 9.59 Å². The van der Waals surface area contributed by atoms with Gasteiger partial charge in [0.2, 0.25) is 11.8 Å². The fourth-order valence-electron chi connectivity index (χ4n) is 2.91. The predicted molar refractivity (Wildman–Crippen MR) is 90.6 cm³/mol. The average Bonchev–Trinajstić information content (AvgIpc) is 2.96. The number of primary amides is 1. The van der Waals surface area contributed by atoms with Gasteiger partial charge in [-0.25, -0.2) is 0 Å². The van der Waals surface area contributed by atoms with E-state index in [-0.39, 0.29) is 23.8 Å². The number of hydrogen-bond donors (Lipinski definition) is 2. The molecule has 1 fully saturated rings. The summed E-state index contributed by atoms with van der Waals surface area (Å²) in [6, 6.07) is 10.3. The summed E-state index contributed by atoms with van der Waals surface area (Å²) in [4.78, 5) is 23.2. The second-order valence-electron chi connectivity index (χ2n) is 5.76. The molecule has 0 radical (unpaired) electrons. The van der Waals surface area contributed by atoms with Gasteiger partial charge in [-0.1, -0.05) is 36.8 Å². The molecule has 3 N–H and O–H groups in total. The van der Waals surface area contributed by atoms with Gasteiger partial charge in [0.1, 0.15) is 0 Å². The van der Waals surface area contributed by atoms with Crippen LogP contribution in [0.25, 0.3) is 0 Å². The van der Waals surface area contributed by atoms with Crippen LogP contribution in [0.4, 0.5) is 0 Å². The Kier molecular flexibility index (Phi) is 6.77. The van der Waals surface area contributed by atoms with E-state index in [9.17, 15) is 9.59 Å². The molecule has 1 aromatic rings. The highest BCUT2D eigenvalue weighted by Crippen LogP contribution is 2.25. The van der Waals surface area contributed by atoms with Crippen molar-refractivity contribution in [2.45, 2.75) is 38.1 Å². The standard InChI is InChI=1S/C17H24N2O2S/c18-17(21)14-9-4-10-15(14)19-16(20)12-22-11-5-8-13-6-2-1-3-7-13/h1-3,6-7,14-15H,4-5,8-12H2,(H2,18,21)(H,19,20). The highest BCUT2D eigenvalue weighted by molar-refractivity contribution is 7.99. The third kappa shape index (κ3) is 5.37. The number of carbonyl (C=O) groups excluding carboxylic acids is 2. The number of nitrogens with one attached hydrogen (secondary N) is 1. The van der Waals surface area contributed by atoms with Crippen LogP contribution in [0.15, 0.2) is 30.3 Å². The number of benzene rings is 1. The quantitative estimate of drug-likeness (QED) is 0.721. The van der Waals surface area contributed by atoms with Gasteiger partial charge in [-0.15, -0.1) is 0 Å². The minimum Gasteiger partial charge on any atom is -0.369 e. The maximum atomic E-state index is 11.9. The van der Waals surface area contributed by atoms with Gasteiger partial charge in [-0.3, -0.25) is 9.59 Å². The van der Waals surface area contributed by atoms with Crippen molar-refractivity contribution in [3.8, 4) is 0 Å². The SMILES string of the molecule is NC(=O)C1CCCC1NC(=O)CSCCCc1ccccc1. The zero-order valence-corrected chi connectivity index (χ0v) is 13.6. The summed E-state index contributed by atoms with van der Waals surface area (Å²) in [5.41, 5.74) is 6.70. The lowest BCUT2D eigenvalue weighted by Gasteiger charge is -2.18. The number of nitrogens with two attached hydrogens (primary N) is 1. The van der Waals surface area contributed by atoms with E-state index >= 15 is 0 Å². The molecule has 1 aliphatic rings. The highest BCUT2D eigenvalue weighted by atomic mass is 32.2. The molecule has 1 aromatic carbocycles. The average molecular weight is 320 g/mol. The first-order valence-electron chi connectivity index (χ1n) is 7.87. The fraction of sp³-hybridized carbons (Fsp3) is 0.529. The lowest BCUT2D eigenvalue weighted by molar-refractivity contribution is -0.123. The van der Waals surface area contributed by atoms with E-state index in [0.717, 1.165) is 37.9 Å². The molecule has 22 heavy (non-hydrogen) atoms. The molecule has 2 rings (SSSR count). The van der Waals surface area contributed by atoms with Gasteiger partial charge in [0.25, 0.3) is 0 Å². The first kappa shape index (κ1) is 16.9. The smallest absolute Gasteiger partial charge is 0.230 e. The van der Waals surface area contributed by atoms with E-state index in [2.05, 4.69) is 17.4 Å². The Morgan fingerprint density at radius 1 is 1.23 bits per heavy atom. The number of aryl methyl sites for hydroxylation is 1. The molecule has 0 saturated heterocycles. The Labute approximate surface area is 136 Å². The Balaban J connectivity index is 1.59. The van der Waals surface area contributed by atoms with Crippen molar-refractivity contribution in [3.05, 3.63) is 35.9 Å². The molecule has 0 heterocycles. The van der Waals surface area contributed by atoms with Crippen molar-refractivity contribution in [2.75, 3.05) is 11.5 Å². The monoisotopic (exact) mass is 320 g/mol. The lowest BCUT2D eigenvalue weighted by Crippen LogP contribution is -2.43. The molecule has 5 heteroatoms. The van der Waals surface area contributed by atoms with Gasteiger partial charge in [0.05, 0.1) is 11.7 Å². The van der Waals surface area contributed by atoms with Crippen LogP contribution in [0.2, 0.25) is 0 Å². The van der Waals surface area contributed by atoms with E-state index in [4.69, 9.17) is 5.73 Å². The maximum absolute atomic E-state index is 11.9. The van der Waals surface area contributed by atoms with E-state index in [1.165, 1.54) is 5.56 Å².